The van der Waals surface area contributed by atoms with E-state index in [-0.39, 0.29) is 11.8 Å². The fraction of sp³-hybridized carbons (Fsp3) is 0.478. The van der Waals surface area contributed by atoms with Gasteiger partial charge in [-0.1, -0.05) is 13.0 Å². The van der Waals surface area contributed by atoms with Gasteiger partial charge in [0.2, 0.25) is 5.91 Å². The third-order valence-corrected chi connectivity index (χ3v) is 5.34. The molecule has 3 rings (SSSR count). The van der Waals surface area contributed by atoms with Crippen LogP contribution in [0.25, 0.3) is 0 Å². The van der Waals surface area contributed by atoms with E-state index in [1.165, 1.54) is 16.7 Å². The summed E-state index contributed by atoms with van der Waals surface area (Å²) < 4.78 is 5.97. The minimum absolute atomic E-state index is 0.0956. The molecule has 0 N–H and O–H groups in total. The SMILES string of the molecule is CC[C@@H]1Cc2ccc(OCCCCc3cc(C)ccn3)cc2CN(C)C1=O. The average molecular weight is 367 g/mol. The maximum Gasteiger partial charge on any atom is 0.226 e. The number of fused-ring (bicyclic) bond motifs is 1. The summed E-state index contributed by atoms with van der Waals surface area (Å²) in [7, 11) is 1.90. The summed E-state index contributed by atoms with van der Waals surface area (Å²) in [4.78, 5) is 18.7. The normalized spacial score (nSPS) is 16.8. The van der Waals surface area contributed by atoms with E-state index in [2.05, 4.69) is 37.0 Å². The van der Waals surface area contributed by atoms with E-state index >= 15 is 0 Å². The second kappa shape index (κ2) is 9.03. The maximum atomic E-state index is 12.4. The van der Waals surface area contributed by atoms with Crippen LogP contribution in [0.3, 0.4) is 0 Å². The van der Waals surface area contributed by atoms with Crippen molar-refractivity contribution in [1.82, 2.24) is 9.88 Å². The van der Waals surface area contributed by atoms with E-state index in [0.29, 0.717) is 13.2 Å². The number of aromatic nitrogens is 1. The Morgan fingerprint density at radius 2 is 2.04 bits per heavy atom. The van der Waals surface area contributed by atoms with Crippen LogP contribution in [-0.2, 0) is 24.2 Å². The Kier molecular flexibility index (Phi) is 6.49. The number of amides is 1. The molecule has 1 aromatic heterocycles. The molecular weight excluding hydrogens is 336 g/mol. The van der Waals surface area contributed by atoms with Crippen molar-refractivity contribution in [3.05, 3.63) is 58.9 Å². The molecule has 0 aliphatic carbocycles. The van der Waals surface area contributed by atoms with Crippen molar-refractivity contribution in [3.63, 3.8) is 0 Å². The van der Waals surface area contributed by atoms with Crippen LogP contribution in [-0.4, -0.2) is 29.4 Å². The fourth-order valence-corrected chi connectivity index (χ4v) is 3.69. The largest absolute Gasteiger partial charge is 0.494 e. The van der Waals surface area contributed by atoms with Crippen molar-refractivity contribution in [2.45, 2.75) is 52.5 Å². The smallest absolute Gasteiger partial charge is 0.226 e. The van der Waals surface area contributed by atoms with Crippen LogP contribution >= 0.6 is 0 Å². The highest BCUT2D eigenvalue weighted by atomic mass is 16.5. The van der Waals surface area contributed by atoms with Gasteiger partial charge in [0.1, 0.15) is 5.75 Å². The number of carbonyl (C=O) groups excluding carboxylic acids is 1. The van der Waals surface area contributed by atoms with E-state index in [4.69, 9.17) is 4.74 Å². The molecule has 2 heterocycles. The zero-order chi connectivity index (χ0) is 19.2. The zero-order valence-electron chi connectivity index (χ0n) is 16.7. The number of carbonyl (C=O) groups is 1. The molecule has 4 nitrogen and oxygen atoms in total. The fourth-order valence-electron chi connectivity index (χ4n) is 3.69. The number of rotatable bonds is 7. The zero-order valence-corrected chi connectivity index (χ0v) is 16.7. The van der Waals surface area contributed by atoms with Gasteiger partial charge in [0.15, 0.2) is 0 Å². The summed E-state index contributed by atoms with van der Waals surface area (Å²) in [5.74, 6) is 1.25. The summed E-state index contributed by atoms with van der Waals surface area (Å²) in [6, 6.07) is 10.5. The van der Waals surface area contributed by atoms with Crippen molar-refractivity contribution < 1.29 is 9.53 Å². The Hall–Kier alpha value is -2.36. The lowest BCUT2D eigenvalue weighted by Crippen LogP contribution is -2.30. The van der Waals surface area contributed by atoms with Crippen molar-refractivity contribution in [2.75, 3.05) is 13.7 Å². The van der Waals surface area contributed by atoms with E-state index < -0.39 is 0 Å². The highest BCUT2D eigenvalue weighted by molar-refractivity contribution is 5.79. The van der Waals surface area contributed by atoms with Gasteiger partial charge < -0.3 is 9.64 Å². The predicted octanol–water partition coefficient (Wildman–Crippen LogP) is 4.33. The molecule has 0 bridgehead atoms. The lowest BCUT2D eigenvalue weighted by atomic mass is 9.95. The van der Waals surface area contributed by atoms with Gasteiger partial charge in [-0.05, 0) is 80.0 Å². The number of aryl methyl sites for hydroxylation is 2. The number of ether oxygens (including phenoxy) is 1. The maximum absolute atomic E-state index is 12.4. The Bertz CT molecular complexity index is 788. The Labute approximate surface area is 162 Å². The number of pyridine rings is 1. The van der Waals surface area contributed by atoms with Gasteiger partial charge in [-0.3, -0.25) is 9.78 Å². The average Bonchev–Trinajstić information content (AvgIpc) is 2.77. The molecule has 0 saturated heterocycles. The van der Waals surface area contributed by atoms with Gasteiger partial charge in [0, 0.05) is 31.4 Å². The van der Waals surface area contributed by atoms with Crippen LogP contribution in [0.4, 0.5) is 0 Å². The second-order valence-electron chi connectivity index (χ2n) is 7.56. The summed E-state index contributed by atoms with van der Waals surface area (Å²) >= 11 is 0. The van der Waals surface area contributed by atoms with Gasteiger partial charge in [-0.15, -0.1) is 0 Å². The van der Waals surface area contributed by atoms with Gasteiger partial charge in [-0.2, -0.15) is 0 Å². The first-order chi connectivity index (χ1) is 13.1. The highest BCUT2D eigenvalue weighted by Gasteiger charge is 2.26. The first-order valence-electron chi connectivity index (χ1n) is 9.98. The molecule has 1 amide bonds. The van der Waals surface area contributed by atoms with Gasteiger partial charge >= 0.3 is 0 Å². The molecule has 1 aliphatic heterocycles. The molecule has 0 spiro atoms. The Morgan fingerprint density at radius 3 is 2.81 bits per heavy atom. The van der Waals surface area contributed by atoms with Crippen molar-refractivity contribution in [2.24, 2.45) is 5.92 Å². The molecule has 0 saturated carbocycles. The van der Waals surface area contributed by atoms with Crippen molar-refractivity contribution >= 4 is 5.91 Å². The number of nitrogens with zero attached hydrogens (tertiary/aromatic N) is 2. The predicted molar refractivity (Wildman–Crippen MR) is 108 cm³/mol. The van der Waals surface area contributed by atoms with Crippen LogP contribution in [0, 0.1) is 12.8 Å². The van der Waals surface area contributed by atoms with Gasteiger partial charge in [0.05, 0.1) is 6.61 Å². The van der Waals surface area contributed by atoms with Crippen LogP contribution in [0.5, 0.6) is 5.75 Å². The second-order valence-corrected chi connectivity index (χ2v) is 7.56. The summed E-state index contributed by atoms with van der Waals surface area (Å²) in [6.45, 7) is 5.56. The molecule has 1 aliphatic rings. The minimum Gasteiger partial charge on any atom is -0.494 e. The quantitative estimate of drug-likeness (QED) is 0.685. The molecule has 1 atom stereocenters. The molecule has 0 unspecified atom stereocenters. The molecule has 1 aromatic carbocycles. The number of hydrogen-bond donors (Lipinski definition) is 0. The summed E-state index contributed by atoms with van der Waals surface area (Å²) in [5.41, 5.74) is 4.90. The van der Waals surface area contributed by atoms with Gasteiger partial charge in [0.25, 0.3) is 0 Å². The monoisotopic (exact) mass is 366 g/mol. The first-order valence-corrected chi connectivity index (χ1v) is 9.98. The standard InChI is InChI=1S/C23H30N2O2/c1-4-18-14-19-8-9-22(15-20(19)16-25(3)23(18)26)27-12-6-5-7-21-13-17(2)10-11-24-21/h8-11,13,15,18H,4-7,12,14,16H2,1-3H3/t18-/m1/s1. The summed E-state index contributed by atoms with van der Waals surface area (Å²) in [6.07, 6.45) is 6.65. The Balaban J connectivity index is 1.52. The first kappa shape index (κ1) is 19.4. The molecule has 0 radical (unpaired) electrons. The molecule has 2 aromatic rings. The third-order valence-electron chi connectivity index (χ3n) is 5.34. The van der Waals surface area contributed by atoms with Crippen LogP contribution in [0.1, 0.15) is 48.6 Å². The Morgan fingerprint density at radius 1 is 1.19 bits per heavy atom. The highest BCUT2D eigenvalue weighted by Crippen LogP contribution is 2.27. The van der Waals surface area contributed by atoms with Crippen LogP contribution < -0.4 is 4.74 Å². The molecular formula is C23H30N2O2. The number of benzene rings is 1. The number of hydrogen-bond acceptors (Lipinski definition) is 3. The number of unbranched alkanes of at least 4 members (excludes halogenated alkanes) is 1. The van der Waals surface area contributed by atoms with Crippen molar-refractivity contribution in [3.8, 4) is 5.75 Å². The van der Waals surface area contributed by atoms with Crippen molar-refractivity contribution in [1.29, 1.82) is 0 Å². The molecule has 4 heteroatoms. The van der Waals surface area contributed by atoms with Crippen LogP contribution in [0.15, 0.2) is 36.5 Å². The van der Waals surface area contributed by atoms with Crippen LogP contribution in [0.2, 0.25) is 0 Å². The summed E-state index contributed by atoms with van der Waals surface area (Å²) in [5, 5.41) is 0. The van der Waals surface area contributed by atoms with E-state index in [1.807, 2.05) is 30.3 Å². The van der Waals surface area contributed by atoms with E-state index in [1.54, 1.807) is 0 Å². The minimum atomic E-state index is 0.0956. The van der Waals surface area contributed by atoms with E-state index in [9.17, 15) is 4.79 Å². The third kappa shape index (κ3) is 5.09. The lowest BCUT2D eigenvalue weighted by molar-refractivity contribution is -0.134. The molecule has 27 heavy (non-hydrogen) atoms. The molecule has 144 valence electrons. The topological polar surface area (TPSA) is 42.4 Å². The molecule has 0 fully saturated rings. The van der Waals surface area contributed by atoms with Gasteiger partial charge in [-0.25, -0.2) is 0 Å². The lowest BCUT2D eigenvalue weighted by Gasteiger charge is -2.18. The van der Waals surface area contributed by atoms with E-state index in [0.717, 1.165) is 43.5 Å².